The number of carbonyl (C=O) groups is 3. The molecule has 0 aliphatic heterocycles. The molecule has 0 fully saturated rings. The Bertz CT molecular complexity index is 879. The van der Waals surface area contributed by atoms with Gasteiger partial charge in [0.25, 0.3) is 5.91 Å². The third kappa shape index (κ3) is 6.53. The number of methoxy groups -OCH3 is 1. The maximum atomic E-state index is 12.0. The molecule has 0 aliphatic carbocycles. The average Bonchev–Trinajstić information content (AvgIpc) is 2.72. The van der Waals surface area contributed by atoms with E-state index in [1.54, 1.807) is 30.3 Å². The summed E-state index contributed by atoms with van der Waals surface area (Å²) in [6.07, 6.45) is 0. The third-order valence-corrected chi connectivity index (χ3v) is 3.74. The monoisotopic (exact) mass is 401 g/mol. The van der Waals surface area contributed by atoms with E-state index in [0.717, 1.165) is 0 Å². The molecule has 2 aromatic rings. The maximum Gasteiger partial charge on any atom is 0.344 e. The minimum absolute atomic E-state index is 0.119. The first-order chi connectivity index (χ1) is 13.9. The molecule has 0 aromatic heterocycles. The van der Waals surface area contributed by atoms with E-state index in [0.29, 0.717) is 29.4 Å². The van der Waals surface area contributed by atoms with Gasteiger partial charge in [0.15, 0.2) is 30.5 Å². The number of hydrogen-bond donors (Lipinski definition) is 1. The van der Waals surface area contributed by atoms with E-state index in [9.17, 15) is 14.4 Å². The van der Waals surface area contributed by atoms with Crippen LogP contribution in [0.2, 0.25) is 0 Å². The number of para-hydroxylation sites is 2. The van der Waals surface area contributed by atoms with Crippen LogP contribution in [0, 0.1) is 0 Å². The lowest BCUT2D eigenvalue weighted by Crippen LogP contribution is -2.24. The van der Waals surface area contributed by atoms with E-state index in [2.05, 4.69) is 5.32 Å². The number of rotatable bonds is 10. The van der Waals surface area contributed by atoms with Gasteiger partial charge < -0.3 is 24.3 Å². The number of amides is 1. The van der Waals surface area contributed by atoms with Crippen LogP contribution in [0.3, 0.4) is 0 Å². The first kappa shape index (κ1) is 21.7. The lowest BCUT2D eigenvalue weighted by molar-refractivity contribution is -0.149. The molecule has 8 nitrogen and oxygen atoms in total. The van der Waals surface area contributed by atoms with Crippen LogP contribution in [0.4, 0.5) is 5.69 Å². The van der Waals surface area contributed by atoms with Gasteiger partial charge in [-0.05, 0) is 44.2 Å². The second-order valence-corrected chi connectivity index (χ2v) is 5.85. The molecule has 0 bridgehead atoms. The fourth-order valence-electron chi connectivity index (χ4n) is 2.37. The summed E-state index contributed by atoms with van der Waals surface area (Å²) in [6, 6.07) is 11.6. The molecule has 1 N–H and O–H groups in total. The summed E-state index contributed by atoms with van der Waals surface area (Å²) < 4.78 is 20.9. The molecular formula is C21H23NO7. The van der Waals surface area contributed by atoms with Crippen molar-refractivity contribution in [2.24, 2.45) is 0 Å². The van der Waals surface area contributed by atoms with Gasteiger partial charge in [-0.3, -0.25) is 9.59 Å². The highest BCUT2D eigenvalue weighted by Gasteiger charge is 2.13. The van der Waals surface area contributed by atoms with E-state index in [4.69, 9.17) is 18.9 Å². The molecule has 2 rings (SSSR count). The zero-order valence-corrected chi connectivity index (χ0v) is 16.5. The highest BCUT2D eigenvalue weighted by atomic mass is 16.6. The van der Waals surface area contributed by atoms with Crippen molar-refractivity contribution < 1.29 is 33.3 Å². The molecule has 0 radical (unpaired) electrons. The SMILES string of the molecule is CCOc1ccccc1NC(=O)COC(=O)COc1ccc(C(C)=O)cc1OC. The topological polar surface area (TPSA) is 100 Å². The zero-order valence-electron chi connectivity index (χ0n) is 16.5. The standard InChI is InChI=1S/C21H23NO7/c1-4-27-17-8-6-5-7-16(17)22-20(24)12-29-21(25)13-28-18-10-9-15(14(2)23)11-19(18)26-3/h5-11H,4,12-13H2,1-3H3,(H,22,24). The zero-order chi connectivity index (χ0) is 21.2. The van der Waals surface area contributed by atoms with E-state index in [1.165, 1.54) is 26.2 Å². The number of anilines is 1. The van der Waals surface area contributed by atoms with Crippen LogP contribution in [-0.2, 0) is 14.3 Å². The van der Waals surface area contributed by atoms with Crippen LogP contribution >= 0.6 is 0 Å². The summed E-state index contributed by atoms with van der Waals surface area (Å²) in [4.78, 5) is 35.3. The Morgan fingerprint density at radius 3 is 2.38 bits per heavy atom. The smallest absolute Gasteiger partial charge is 0.344 e. The molecule has 0 atom stereocenters. The largest absolute Gasteiger partial charge is 0.493 e. The number of ketones is 1. The normalized spacial score (nSPS) is 10.0. The Hall–Kier alpha value is -3.55. The van der Waals surface area contributed by atoms with Crippen LogP contribution in [-0.4, -0.2) is 44.6 Å². The van der Waals surface area contributed by atoms with Crippen molar-refractivity contribution in [1.82, 2.24) is 0 Å². The summed E-state index contributed by atoms with van der Waals surface area (Å²) in [6.45, 7) is 2.84. The molecule has 0 heterocycles. The first-order valence-electron chi connectivity index (χ1n) is 8.93. The lowest BCUT2D eigenvalue weighted by atomic mass is 10.1. The summed E-state index contributed by atoms with van der Waals surface area (Å²) >= 11 is 0. The minimum Gasteiger partial charge on any atom is -0.493 e. The molecule has 2 aromatic carbocycles. The van der Waals surface area contributed by atoms with Crippen LogP contribution in [0.5, 0.6) is 17.2 Å². The Morgan fingerprint density at radius 2 is 1.69 bits per heavy atom. The number of hydrogen-bond acceptors (Lipinski definition) is 7. The quantitative estimate of drug-likeness (QED) is 0.483. The van der Waals surface area contributed by atoms with Crippen molar-refractivity contribution in [2.75, 3.05) is 32.2 Å². The van der Waals surface area contributed by atoms with E-state index >= 15 is 0 Å². The fourth-order valence-corrected chi connectivity index (χ4v) is 2.37. The molecule has 0 unspecified atom stereocenters. The predicted molar refractivity (Wildman–Crippen MR) is 106 cm³/mol. The summed E-state index contributed by atoms with van der Waals surface area (Å²) in [5.74, 6) is -0.226. The second kappa shape index (κ2) is 10.7. The second-order valence-electron chi connectivity index (χ2n) is 5.85. The van der Waals surface area contributed by atoms with Gasteiger partial charge in [-0.2, -0.15) is 0 Å². The molecule has 154 valence electrons. The maximum absolute atomic E-state index is 12.0. The molecule has 0 spiro atoms. The highest BCUT2D eigenvalue weighted by molar-refractivity contribution is 5.95. The molecule has 8 heteroatoms. The third-order valence-electron chi connectivity index (χ3n) is 3.74. The van der Waals surface area contributed by atoms with Gasteiger partial charge in [0, 0.05) is 5.56 Å². The molecule has 0 saturated carbocycles. The van der Waals surface area contributed by atoms with Gasteiger partial charge in [-0.15, -0.1) is 0 Å². The Labute approximate surface area is 168 Å². The molecule has 1 amide bonds. The Balaban J connectivity index is 1.84. The number of ether oxygens (including phenoxy) is 4. The van der Waals surface area contributed by atoms with Gasteiger partial charge in [-0.25, -0.2) is 4.79 Å². The number of nitrogens with one attached hydrogen (secondary N) is 1. The van der Waals surface area contributed by atoms with E-state index < -0.39 is 25.1 Å². The van der Waals surface area contributed by atoms with Crippen molar-refractivity contribution >= 4 is 23.3 Å². The molecule has 0 saturated heterocycles. The van der Waals surface area contributed by atoms with Gasteiger partial charge in [0.1, 0.15) is 5.75 Å². The van der Waals surface area contributed by atoms with Gasteiger partial charge >= 0.3 is 5.97 Å². The summed E-state index contributed by atoms with van der Waals surface area (Å²) in [5, 5.41) is 2.63. The average molecular weight is 401 g/mol. The highest BCUT2D eigenvalue weighted by Crippen LogP contribution is 2.28. The molecular weight excluding hydrogens is 378 g/mol. The van der Waals surface area contributed by atoms with Gasteiger partial charge in [0.2, 0.25) is 0 Å². The van der Waals surface area contributed by atoms with Crippen LogP contribution < -0.4 is 19.5 Å². The van der Waals surface area contributed by atoms with Crippen molar-refractivity contribution in [2.45, 2.75) is 13.8 Å². The Morgan fingerprint density at radius 1 is 0.931 bits per heavy atom. The minimum atomic E-state index is -0.726. The van der Waals surface area contributed by atoms with Crippen LogP contribution in [0.15, 0.2) is 42.5 Å². The number of carbonyl (C=O) groups excluding carboxylic acids is 3. The van der Waals surface area contributed by atoms with E-state index in [-0.39, 0.29) is 11.5 Å². The first-order valence-corrected chi connectivity index (χ1v) is 8.93. The summed E-state index contributed by atoms with van der Waals surface area (Å²) in [5.41, 5.74) is 0.947. The number of Topliss-reactive ketones (excluding diaryl/α,β-unsaturated/α-hetero) is 1. The van der Waals surface area contributed by atoms with Crippen molar-refractivity contribution in [3.8, 4) is 17.2 Å². The van der Waals surface area contributed by atoms with Crippen LogP contribution in [0.25, 0.3) is 0 Å². The molecule has 29 heavy (non-hydrogen) atoms. The summed E-state index contributed by atoms with van der Waals surface area (Å²) in [7, 11) is 1.43. The van der Waals surface area contributed by atoms with Gasteiger partial charge in [0.05, 0.1) is 19.4 Å². The number of esters is 1. The predicted octanol–water partition coefficient (Wildman–Crippen LogP) is 2.86. The van der Waals surface area contributed by atoms with Crippen LogP contribution in [0.1, 0.15) is 24.2 Å². The Kier molecular flexibility index (Phi) is 8.02. The van der Waals surface area contributed by atoms with Crippen molar-refractivity contribution in [3.05, 3.63) is 48.0 Å². The van der Waals surface area contributed by atoms with Crippen molar-refractivity contribution in [3.63, 3.8) is 0 Å². The van der Waals surface area contributed by atoms with Gasteiger partial charge in [-0.1, -0.05) is 12.1 Å². The lowest BCUT2D eigenvalue weighted by Gasteiger charge is -2.12. The molecule has 0 aliphatic rings. The number of benzene rings is 2. The van der Waals surface area contributed by atoms with Crippen molar-refractivity contribution in [1.29, 1.82) is 0 Å². The van der Waals surface area contributed by atoms with E-state index in [1.807, 2.05) is 6.92 Å². The fraction of sp³-hybridized carbons (Fsp3) is 0.286.